The molecule has 0 bridgehead atoms. The molecule has 0 saturated heterocycles. The Morgan fingerprint density at radius 1 is 0.282 bits per heavy atom. The van der Waals surface area contributed by atoms with E-state index in [2.05, 4.69) is 250 Å². The number of nitrogens with zero attached hydrogens (tertiary/aromatic N) is 4. The molecule has 4 heteroatoms. The van der Waals surface area contributed by atoms with E-state index in [9.17, 15) is 0 Å². The minimum absolute atomic E-state index is 0.0213. The Labute approximate surface area is 415 Å². The lowest BCUT2D eigenvalue weighted by Crippen LogP contribution is -2.10. The first-order chi connectivity index (χ1) is 34.8. The zero-order valence-corrected chi connectivity index (χ0v) is 40.0. The van der Waals surface area contributed by atoms with E-state index in [4.69, 9.17) is 15.0 Å². The smallest absolute Gasteiger partial charge is 0.164 e. The number of rotatable bonds is 9. The molecular weight excluding hydrogens is 861 g/mol. The van der Waals surface area contributed by atoms with Gasteiger partial charge in [-0.15, -0.1) is 0 Å². The van der Waals surface area contributed by atoms with Crippen molar-refractivity contribution in [2.24, 2.45) is 0 Å². The van der Waals surface area contributed by atoms with Gasteiger partial charge in [0.05, 0.1) is 16.7 Å². The maximum absolute atomic E-state index is 5.36. The summed E-state index contributed by atoms with van der Waals surface area (Å²) in [6.45, 7) is 6.81. The third-order valence-electron chi connectivity index (χ3n) is 13.6. The fourth-order valence-electron chi connectivity index (χ4n) is 9.89. The highest BCUT2D eigenvalue weighted by Gasteiger charge is 2.25. The van der Waals surface area contributed by atoms with Gasteiger partial charge in [0.25, 0.3) is 0 Å². The number of benzene rings is 10. The van der Waals surface area contributed by atoms with Crippen molar-refractivity contribution in [3.8, 4) is 95.5 Å². The van der Waals surface area contributed by atoms with Crippen molar-refractivity contribution in [1.29, 1.82) is 0 Å². The molecule has 0 atom stereocenters. The zero-order chi connectivity index (χ0) is 47.9. The standard InChI is InChI=1S/C67H50N4/c1-67(2,3)56-37-33-50(34-38-56)58-44-55(66-69-64(51-27-17-8-18-28-51)68-65(70-66)52-31-29-48(30-32-52)45-19-9-4-10-20-45)43-57(49-25-15-7-16-26-49)63(58)71-61-39-35-53(46-21-11-5-12-22-46)41-59(61)60-42-54(36-40-62(60)71)47-23-13-6-14-24-47/h4-44H,1-3H3. The molecule has 0 aliphatic heterocycles. The van der Waals surface area contributed by atoms with Crippen molar-refractivity contribution in [3.63, 3.8) is 0 Å². The van der Waals surface area contributed by atoms with Crippen LogP contribution in [0.4, 0.5) is 0 Å². The molecule has 12 rings (SSSR count). The predicted molar refractivity (Wildman–Crippen MR) is 296 cm³/mol. The van der Waals surface area contributed by atoms with Gasteiger partial charge in [0.2, 0.25) is 0 Å². The number of fused-ring (bicyclic) bond motifs is 3. The van der Waals surface area contributed by atoms with Gasteiger partial charge < -0.3 is 4.57 Å². The van der Waals surface area contributed by atoms with Crippen molar-refractivity contribution in [2.75, 3.05) is 0 Å². The van der Waals surface area contributed by atoms with Gasteiger partial charge >= 0.3 is 0 Å². The highest BCUT2D eigenvalue weighted by atomic mass is 15.0. The zero-order valence-electron chi connectivity index (χ0n) is 40.0. The van der Waals surface area contributed by atoms with Crippen molar-refractivity contribution in [3.05, 3.63) is 254 Å². The Hall–Kier alpha value is -8.99. The van der Waals surface area contributed by atoms with Gasteiger partial charge in [0.1, 0.15) is 0 Å². The molecule has 0 amide bonds. The average Bonchev–Trinajstić information content (AvgIpc) is 3.76. The molecule has 2 heterocycles. The second-order valence-electron chi connectivity index (χ2n) is 19.3. The van der Waals surface area contributed by atoms with E-state index in [1.165, 1.54) is 38.6 Å². The summed E-state index contributed by atoms with van der Waals surface area (Å²) in [5.74, 6) is 1.82. The van der Waals surface area contributed by atoms with Crippen LogP contribution in [-0.4, -0.2) is 19.5 Å². The fraction of sp³-hybridized carbons (Fsp3) is 0.0597. The summed E-state index contributed by atoms with van der Waals surface area (Å²) in [6, 6.07) is 89.0. The topological polar surface area (TPSA) is 43.6 Å². The molecule has 338 valence electrons. The molecule has 0 saturated carbocycles. The van der Waals surface area contributed by atoms with Crippen LogP contribution in [0.1, 0.15) is 26.3 Å². The Kier molecular flexibility index (Phi) is 11.1. The Morgan fingerprint density at radius 2 is 0.592 bits per heavy atom. The van der Waals surface area contributed by atoms with E-state index < -0.39 is 0 Å². The first kappa shape index (κ1) is 43.3. The summed E-state index contributed by atoms with van der Waals surface area (Å²) in [7, 11) is 0. The molecule has 0 fully saturated rings. The fourth-order valence-corrected chi connectivity index (χ4v) is 9.89. The summed E-state index contributed by atoms with van der Waals surface area (Å²) >= 11 is 0. The van der Waals surface area contributed by atoms with Crippen molar-refractivity contribution in [2.45, 2.75) is 26.2 Å². The quantitative estimate of drug-likeness (QED) is 0.145. The van der Waals surface area contributed by atoms with Gasteiger partial charge in [-0.25, -0.2) is 15.0 Å². The second-order valence-corrected chi connectivity index (χ2v) is 19.3. The van der Waals surface area contributed by atoms with Crippen LogP contribution in [-0.2, 0) is 5.41 Å². The van der Waals surface area contributed by atoms with Crippen molar-refractivity contribution >= 4 is 21.8 Å². The van der Waals surface area contributed by atoms with E-state index in [1.807, 2.05) is 24.3 Å². The molecule has 0 unspecified atom stereocenters. The van der Waals surface area contributed by atoms with Gasteiger partial charge in [-0.05, 0) is 91.9 Å². The molecule has 2 aromatic heterocycles. The predicted octanol–water partition coefficient (Wildman–Crippen LogP) is 17.6. The number of aromatic nitrogens is 4. The van der Waals surface area contributed by atoms with Gasteiger partial charge in [0.15, 0.2) is 17.5 Å². The monoisotopic (exact) mass is 910 g/mol. The summed E-state index contributed by atoms with van der Waals surface area (Å²) in [5.41, 5.74) is 18.6. The second kappa shape index (κ2) is 18.2. The molecule has 0 aliphatic rings. The molecule has 0 spiro atoms. The lowest BCUT2D eigenvalue weighted by Gasteiger charge is -2.22. The highest BCUT2D eigenvalue weighted by Crippen LogP contribution is 2.45. The first-order valence-corrected chi connectivity index (χ1v) is 24.3. The molecule has 10 aromatic carbocycles. The van der Waals surface area contributed by atoms with E-state index in [-0.39, 0.29) is 5.41 Å². The van der Waals surface area contributed by atoms with Gasteiger partial charge in [-0.2, -0.15) is 0 Å². The van der Waals surface area contributed by atoms with Crippen LogP contribution in [0, 0.1) is 0 Å². The third-order valence-corrected chi connectivity index (χ3v) is 13.6. The summed E-state index contributed by atoms with van der Waals surface area (Å²) in [6.07, 6.45) is 0. The normalized spacial score (nSPS) is 11.6. The highest BCUT2D eigenvalue weighted by molar-refractivity contribution is 6.13. The third kappa shape index (κ3) is 8.40. The molecule has 0 N–H and O–H groups in total. The van der Waals surface area contributed by atoms with Crippen molar-refractivity contribution in [1.82, 2.24) is 19.5 Å². The van der Waals surface area contributed by atoms with E-state index >= 15 is 0 Å². The largest absolute Gasteiger partial charge is 0.308 e. The summed E-state index contributed by atoms with van der Waals surface area (Å²) < 4.78 is 2.50. The molecule has 4 nitrogen and oxygen atoms in total. The first-order valence-electron chi connectivity index (χ1n) is 24.3. The summed E-state index contributed by atoms with van der Waals surface area (Å²) in [4.78, 5) is 15.8. The van der Waals surface area contributed by atoms with Gasteiger partial charge in [0, 0.05) is 38.6 Å². The van der Waals surface area contributed by atoms with Gasteiger partial charge in [-0.1, -0.05) is 233 Å². The van der Waals surface area contributed by atoms with Gasteiger partial charge in [-0.3, -0.25) is 0 Å². The molecule has 12 aromatic rings. The molecular formula is C67H50N4. The minimum atomic E-state index is -0.0213. The van der Waals surface area contributed by atoms with Crippen LogP contribution < -0.4 is 0 Å². The van der Waals surface area contributed by atoms with E-state index in [0.29, 0.717) is 17.5 Å². The molecule has 71 heavy (non-hydrogen) atoms. The van der Waals surface area contributed by atoms with Crippen LogP contribution in [0.25, 0.3) is 117 Å². The number of hydrogen-bond acceptors (Lipinski definition) is 3. The lowest BCUT2D eigenvalue weighted by atomic mass is 9.85. The SMILES string of the molecule is CC(C)(C)c1ccc(-c2cc(-c3nc(-c4ccccc4)nc(-c4ccc(-c5ccccc5)cc4)n3)cc(-c3ccccc3)c2-n2c3ccc(-c4ccccc4)cc3c3cc(-c4ccccc4)ccc32)cc1. The van der Waals surface area contributed by atoms with E-state index in [0.717, 1.165) is 66.8 Å². The van der Waals surface area contributed by atoms with Crippen LogP contribution in [0.5, 0.6) is 0 Å². The average molecular weight is 911 g/mol. The maximum atomic E-state index is 5.36. The maximum Gasteiger partial charge on any atom is 0.164 e. The minimum Gasteiger partial charge on any atom is -0.308 e. The Morgan fingerprint density at radius 3 is 1.03 bits per heavy atom. The molecule has 0 aliphatic carbocycles. The Bertz CT molecular complexity index is 3740. The van der Waals surface area contributed by atoms with Crippen LogP contribution in [0.15, 0.2) is 249 Å². The Balaban J connectivity index is 1.15. The number of hydrogen-bond donors (Lipinski definition) is 0. The van der Waals surface area contributed by atoms with Crippen molar-refractivity contribution < 1.29 is 0 Å². The summed E-state index contributed by atoms with van der Waals surface area (Å²) in [5, 5.41) is 2.37. The molecule has 0 radical (unpaired) electrons. The van der Waals surface area contributed by atoms with Crippen LogP contribution >= 0.6 is 0 Å². The van der Waals surface area contributed by atoms with E-state index in [1.54, 1.807) is 0 Å². The van der Waals surface area contributed by atoms with Crippen LogP contribution in [0.3, 0.4) is 0 Å². The van der Waals surface area contributed by atoms with Crippen LogP contribution in [0.2, 0.25) is 0 Å². The lowest BCUT2D eigenvalue weighted by molar-refractivity contribution is 0.590.